The van der Waals surface area contributed by atoms with Crippen molar-refractivity contribution in [2.45, 2.75) is 13.8 Å². The first kappa shape index (κ1) is 15.3. The highest BCUT2D eigenvalue weighted by Crippen LogP contribution is 2.26. The van der Waals surface area contributed by atoms with E-state index in [0.717, 1.165) is 0 Å². The summed E-state index contributed by atoms with van der Waals surface area (Å²) in [6, 6.07) is 6.42. The lowest BCUT2D eigenvalue weighted by atomic mass is 10.1. The van der Waals surface area contributed by atoms with Crippen LogP contribution in [-0.2, 0) is 9.47 Å². The lowest BCUT2D eigenvalue weighted by Gasteiger charge is -2.09. The fourth-order valence-corrected chi connectivity index (χ4v) is 2.12. The van der Waals surface area contributed by atoms with E-state index in [9.17, 15) is 9.59 Å². The number of hydrogen-bond acceptors (Lipinski definition) is 5. The molecule has 1 heterocycles. The summed E-state index contributed by atoms with van der Waals surface area (Å²) in [6.07, 6.45) is 0. The average molecular weight is 308 g/mol. The first-order chi connectivity index (χ1) is 10.1. The van der Waals surface area contributed by atoms with Crippen molar-refractivity contribution < 1.29 is 19.1 Å². The van der Waals surface area contributed by atoms with Crippen molar-refractivity contribution in [3.63, 3.8) is 0 Å². The largest absolute Gasteiger partial charge is 0.462 e. The number of carbonyl (C=O) groups excluding carboxylic acids is 2. The number of fused-ring (bicyclic) bond motifs is 1. The van der Waals surface area contributed by atoms with E-state index in [-0.39, 0.29) is 24.5 Å². The van der Waals surface area contributed by atoms with Gasteiger partial charge in [-0.25, -0.2) is 14.6 Å². The summed E-state index contributed by atoms with van der Waals surface area (Å²) in [6.45, 7) is 3.85. The summed E-state index contributed by atoms with van der Waals surface area (Å²) < 4.78 is 9.92. The van der Waals surface area contributed by atoms with Crippen molar-refractivity contribution in [2.75, 3.05) is 13.2 Å². The number of aromatic nitrogens is 1. The highest BCUT2D eigenvalue weighted by molar-refractivity contribution is 6.35. The van der Waals surface area contributed by atoms with Crippen LogP contribution in [0.5, 0.6) is 0 Å². The molecule has 2 aromatic rings. The molecule has 0 aliphatic carbocycles. The highest BCUT2D eigenvalue weighted by Gasteiger charge is 2.19. The molecule has 0 aliphatic heterocycles. The number of benzene rings is 1. The van der Waals surface area contributed by atoms with Crippen LogP contribution in [0, 0.1) is 0 Å². The minimum absolute atomic E-state index is 0.0282. The zero-order chi connectivity index (χ0) is 15.4. The second-order valence-electron chi connectivity index (χ2n) is 4.13. The van der Waals surface area contributed by atoms with Crippen molar-refractivity contribution in [2.24, 2.45) is 0 Å². The van der Waals surface area contributed by atoms with Gasteiger partial charge in [-0.1, -0.05) is 23.7 Å². The van der Waals surface area contributed by atoms with Crippen molar-refractivity contribution in [3.05, 3.63) is 40.5 Å². The minimum Gasteiger partial charge on any atom is -0.462 e. The molecule has 5 nitrogen and oxygen atoms in total. The van der Waals surface area contributed by atoms with Crippen molar-refractivity contribution >= 4 is 34.4 Å². The van der Waals surface area contributed by atoms with Crippen molar-refractivity contribution in [1.82, 2.24) is 4.98 Å². The molecule has 0 bridgehead atoms. The third-order valence-electron chi connectivity index (χ3n) is 2.77. The molecule has 0 atom stereocenters. The Morgan fingerprint density at radius 2 is 1.81 bits per heavy atom. The third kappa shape index (κ3) is 3.13. The van der Waals surface area contributed by atoms with Crippen LogP contribution in [0.1, 0.15) is 34.7 Å². The number of hydrogen-bond donors (Lipinski definition) is 0. The van der Waals surface area contributed by atoms with Gasteiger partial charge in [0.2, 0.25) is 0 Å². The second-order valence-corrected chi connectivity index (χ2v) is 4.54. The zero-order valence-electron chi connectivity index (χ0n) is 11.7. The van der Waals surface area contributed by atoms with Crippen LogP contribution < -0.4 is 0 Å². The maximum Gasteiger partial charge on any atom is 0.356 e. The number of carbonyl (C=O) groups is 2. The molecule has 1 aromatic heterocycles. The molecule has 0 N–H and O–H groups in total. The summed E-state index contributed by atoms with van der Waals surface area (Å²) >= 11 is 6.10. The van der Waals surface area contributed by atoms with Crippen LogP contribution in [-0.4, -0.2) is 30.1 Å². The molecule has 2 rings (SSSR count). The van der Waals surface area contributed by atoms with Crippen LogP contribution in [0.3, 0.4) is 0 Å². The minimum atomic E-state index is -0.607. The van der Waals surface area contributed by atoms with Gasteiger partial charge in [0.15, 0.2) is 0 Å². The number of ether oxygens (including phenoxy) is 2. The topological polar surface area (TPSA) is 65.5 Å². The number of rotatable bonds is 4. The SMILES string of the molecule is CCOC(=O)c1cc(C(=O)OCC)c2cccc(Cl)c2n1. The number of pyridine rings is 1. The van der Waals surface area contributed by atoms with E-state index >= 15 is 0 Å². The summed E-state index contributed by atoms with van der Waals surface area (Å²) in [5.41, 5.74) is 0.640. The quantitative estimate of drug-likeness (QED) is 0.811. The predicted octanol–water partition coefficient (Wildman–Crippen LogP) is 3.24. The number of para-hydroxylation sites is 1. The summed E-state index contributed by atoms with van der Waals surface area (Å²) in [5.74, 6) is -1.14. The molecular weight excluding hydrogens is 294 g/mol. The van der Waals surface area contributed by atoms with Crippen LogP contribution in [0.4, 0.5) is 0 Å². The Morgan fingerprint density at radius 1 is 1.14 bits per heavy atom. The van der Waals surface area contributed by atoms with Crippen LogP contribution >= 0.6 is 11.6 Å². The Hall–Kier alpha value is -2.14. The summed E-state index contributed by atoms with van der Waals surface area (Å²) in [5, 5.41) is 0.887. The normalized spacial score (nSPS) is 10.4. The van der Waals surface area contributed by atoms with E-state index < -0.39 is 11.9 Å². The molecule has 0 saturated heterocycles. The predicted molar refractivity (Wildman–Crippen MR) is 78.7 cm³/mol. The molecule has 0 aliphatic rings. The van der Waals surface area contributed by atoms with Gasteiger partial charge in [0.1, 0.15) is 5.69 Å². The van der Waals surface area contributed by atoms with E-state index in [0.29, 0.717) is 15.9 Å². The van der Waals surface area contributed by atoms with E-state index in [1.54, 1.807) is 32.0 Å². The Labute approximate surface area is 126 Å². The lowest BCUT2D eigenvalue weighted by Crippen LogP contribution is -2.12. The summed E-state index contributed by atoms with van der Waals surface area (Å²) in [4.78, 5) is 28.1. The molecule has 21 heavy (non-hydrogen) atoms. The molecule has 0 unspecified atom stereocenters. The Bertz CT molecular complexity index is 699. The molecule has 0 amide bonds. The van der Waals surface area contributed by atoms with Gasteiger partial charge >= 0.3 is 11.9 Å². The maximum absolute atomic E-state index is 12.1. The number of halogens is 1. The molecule has 6 heteroatoms. The van der Waals surface area contributed by atoms with Crippen LogP contribution in [0.25, 0.3) is 10.9 Å². The Kier molecular flexibility index (Phi) is 4.75. The zero-order valence-corrected chi connectivity index (χ0v) is 12.4. The van der Waals surface area contributed by atoms with E-state index in [1.807, 2.05) is 0 Å². The van der Waals surface area contributed by atoms with E-state index in [2.05, 4.69) is 4.98 Å². The van der Waals surface area contributed by atoms with E-state index in [4.69, 9.17) is 21.1 Å². The molecular formula is C15H14ClNO4. The Morgan fingerprint density at radius 3 is 2.48 bits per heavy atom. The van der Waals surface area contributed by atoms with Gasteiger partial charge in [-0.05, 0) is 26.0 Å². The summed E-state index contributed by atoms with van der Waals surface area (Å²) in [7, 11) is 0. The van der Waals surface area contributed by atoms with Crippen LogP contribution in [0.2, 0.25) is 5.02 Å². The van der Waals surface area contributed by atoms with Gasteiger partial charge in [0.05, 0.1) is 29.3 Å². The first-order valence-corrected chi connectivity index (χ1v) is 6.89. The van der Waals surface area contributed by atoms with Gasteiger partial charge < -0.3 is 9.47 Å². The Balaban J connectivity index is 2.66. The third-order valence-corrected chi connectivity index (χ3v) is 3.08. The molecule has 0 saturated carbocycles. The van der Waals surface area contributed by atoms with Crippen molar-refractivity contribution in [3.8, 4) is 0 Å². The van der Waals surface area contributed by atoms with Crippen LogP contribution in [0.15, 0.2) is 24.3 Å². The number of nitrogens with zero attached hydrogens (tertiary/aromatic N) is 1. The standard InChI is InChI=1S/C15H14ClNO4/c1-3-20-14(18)10-8-12(15(19)21-4-2)17-13-9(10)6-5-7-11(13)16/h5-8H,3-4H2,1-2H3. The monoisotopic (exact) mass is 307 g/mol. The lowest BCUT2D eigenvalue weighted by molar-refractivity contribution is 0.0519. The molecule has 110 valence electrons. The maximum atomic E-state index is 12.1. The van der Waals surface area contributed by atoms with Gasteiger partial charge in [-0.15, -0.1) is 0 Å². The van der Waals surface area contributed by atoms with Crippen molar-refractivity contribution in [1.29, 1.82) is 0 Å². The fraction of sp³-hybridized carbons (Fsp3) is 0.267. The van der Waals surface area contributed by atoms with Gasteiger partial charge in [0, 0.05) is 5.39 Å². The highest BCUT2D eigenvalue weighted by atomic mass is 35.5. The smallest absolute Gasteiger partial charge is 0.356 e. The van der Waals surface area contributed by atoms with Gasteiger partial charge in [-0.3, -0.25) is 0 Å². The molecule has 0 spiro atoms. The molecule has 0 fully saturated rings. The average Bonchev–Trinajstić information content (AvgIpc) is 2.47. The molecule has 0 radical (unpaired) electrons. The second kappa shape index (κ2) is 6.54. The first-order valence-electron chi connectivity index (χ1n) is 6.52. The molecule has 1 aromatic carbocycles. The van der Waals surface area contributed by atoms with Gasteiger partial charge in [0.25, 0.3) is 0 Å². The van der Waals surface area contributed by atoms with Gasteiger partial charge in [-0.2, -0.15) is 0 Å². The van der Waals surface area contributed by atoms with E-state index in [1.165, 1.54) is 6.07 Å². The number of esters is 2. The fourth-order valence-electron chi connectivity index (χ4n) is 1.90.